The highest BCUT2D eigenvalue weighted by Crippen LogP contribution is 2.45. The fourth-order valence-electron chi connectivity index (χ4n) is 4.35. The van der Waals surface area contributed by atoms with E-state index in [0.717, 1.165) is 51.7 Å². The van der Waals surface area contributed by atoms with Crippen LogP contribution < -0.4 is 18.9 Å². The summed E-state index contributed by atoms with van der Waals surface area (Å²) in [6.07, 6.45) is 9.09. The van der Waals surface area contributed by atoms with Crippen molar-refractivity contribution in [2.45, 2.75) is 52.4 Å². The molecule has 36 heavy (non-hydrogen) atoms. The molecule has 0 N–H and O–H groups in total. The monoisotopic (exact) mass is 482 g/mol. The second-order valence-electron chi connectivity index (χ2n) is 10.3. The van der Waals surface area contributed by atoms with Crippen molar-refractivity contribution in [3.8, 4) is 23.0 Å². The van der Waals surface area contributed by atoms with E-state index in [-0.39, 0.29) is 11.7 Å². The first-order valence-electron chi connectivity index (χ1n) is 12.7. The minimum Gasteiger partial charge on any atom is -0.493 e. The first-order chi connectivity index (χ1) is 17.4. The average Bonchev–Trinajstić information content (AvgIpc) is 2.87. The summed E-state index contributed by atoms with van der Waals surface area (Å²) in [5, 5.41) is 0. The molecule has 0 radical (unpaired) electrons. The van der Waals surface area contributed by atoms with Crippen LogP contribution in [0.5, 0.6) is 23.0 Å². The molecule has 3 aromatic carbocycles. The lowest BCUT2D eigenvalue weighted by atomic mass is 9.97. The zero-order chi connectivity index (χ0) is 25.1. The Morgan fingerprint density at radius 1 is 0.944 bits per heavy atom. The van der Waals surface area contributed by atoms with Gasteiger partial charge in [0.05, 0.1) is 12.2 Å². The molecule has 1 atom stereocenters. The van der Waals surface area contributed by atoms with Gasteiger partial charge in [-0.25, -0.2) is 0 Å². The Morgan fingerprint density at radius 2 is 1.78 bits per heavy atom. The molecule has 0 amide bonds. The fourth-order valence-corrected chi connectivity index (χ4v) is 4.35. The van der Waals surface area contributed by atoms with Gasteiger partial charge in [0.15, 0.2) is 0 Å². The lowest BCUT2D eigenvalue weighted by molar-refractivity contribution is 0.157. The zero-order valence-corrected chi connectivity index (χ0v) is 21.5. The van der Waals surface area contributed by atoms with Gasteiger partial charge in [0.1, 0.15) is 41.3 Å². The Labute approximate surface area is 214 Å². The van der Waals surface area contributed by atoms with Crippen molar-refractivity contribution in [3.05, 3.63) is 95.1 Å². The predicted octanol–water partition coefficient (Wildman–Crippen LogP) is 8.02. The maximum atomic E-state index is 6.59. The van der Waals surface area contributed by atoms with E-state index in [1.807, 2.05) is 36.4 Å². The van der Waals surface area contributed by atoms with Crippen molar-refractivity contribution in [3.63, 3.8) is 0 Å². The molecule has 4 heteroatoms. The molecule has 2 aliphatic heterocycles. The Bertz CT molecular complexity index is 1270. The molecule has 0 aromatic heterocycles. The quantitative estimate of drug-likeness (QED) is 0.326. The maximum absolute atomic E-state index is 6.59. The third kappa shape index (κ3) is 5.43. The molecule has 4 nitrogen and oxygen atoms in total. The molecular weight excluding hydrogens is 448 g/mol. The van der Waals surface area contributed by atoms with Gasteiger partial charge in [-0.2, -0.15) is 0 Å². The third-order valence-corrected chi connectivity index (χ3v) is 6.40. The molecule has 0 bridgehead atoms. The SMILES string of the molecule is CC(C)CCOc1ccc(C2C=Cc3ccc4c(c3O2)C=CC(C)(C)O4)c(OCc2ccccc2)c1. The van der Waals surface area contributed by atoms with Crippen LogP contribution in [0.4, 0.5) is 0 Å². The van der Waals surface area contributed by atoms with E-state index < -0.39 is 0 Å². The first kappa shape index (κ1) is 24.1. The van der Waals surface area contributed by atoms with E-state index in [1.54, 1.807) is 0 Å². The van der Waals surface area contributed by atoms with Crippen LogP contribution in [-0.2, 0) is 6.61 Å². The van der Waals surface area contributed by atoms with Crippen LogP contribution in [0.15, 0.2) is 72.8 Å². The van der Waals surface area contributed by atoms with Gasteiger partial charge in [0, 0.05) is 17.2 Å². The molecule has 2 heterocycles. The Hall–Kier alpha value is -3.66. The molecule has 0 spiro atoms. The average molecular weight is 483 g/mol. The second-order valence-corrected chi connectivity index (χ2v) is 10.3. The normalized spacial score (nSPS) is 17.1. The first-order valence-corrected chi connectivity index (χ1v) is 12.7. The van der Waals surface area contributed by atoms with E-state index in [0.29, 0.717) is 19.1 Å². The predicted molar refractivity (Wildman–Crippen MR) is 145 cm³/mol. The van der Waals surface area contributed by atoms with E-state index in [9.17, 15) is 0 Å². The number of rotatable bonds is 8. The fraction of sp³-hybridized carbons (Fsp3) is 0.312. The van der Waals surface area contributed by atoms with Crippen LogP contribution in [0.3, 0.4) is 0 Å². The minimum atomic E-state index is -0.338. The van der Waals surface area contributed by atoms with Gasteiger partial charge >= 0.3 is 0 Å². The van der Waals surface area contributed by atoms with Gasteiger partial charge in [-0.3, -0.25) is 0 Å². The Morgan fingerprint density at radius 3 is 2.58 bits per heavy atom. The van der Waals surface area contributed by atoms with Gasteiger partial charge < -0.3 is 18.9 Å². The molecule has 0 aliphatic carbocycles. The Balaban J connectivity index is 1.43. The molecule has 1 unspecified atom stereocenters. The molecule has 3 aromatic rings. The van der Waals surface area contributed by atoms with Crippen molar-refractivity contribution in [2.24, 2.45) is 5.92 Å². The molecular formula is C32H34O4. The number of hydrogen-bond acceptors (Lipinski definition) is 4. The van der Waals surface area contributed by atoms with E-state index in [4.69, 9.17) is 18.9 Å². The third-order valence-electron chi connectivity index (χ3n) is 6.40. The van der Waals surface area contributed by atoms with E-state index in [2.05, 4.69) is 76.3 Å². The van der Waals surface area contributed by atoms with Crippen LogP contribution >= 0.6 is 0 Å². The maximum Gasteiger partial charge on any atom is 0.146 e. The van der Waals surface area contributed by atoms with Crippen molar-refractivity contribution < 1.29 is 18.9 Å². The summed E-state index contributed by atoms with van der Waals surface area (Å²) in [4.78, 5) is 0. The second kappa shape index (κ2) is 10.1. The number of fused-ring (bicyclic) bond motifs is 3. The number of benzene rings is 3. The summed E-state index contributed by atoms with van der Waals surface area (Å²) >= 11 is 0. The van der Waals surface area contributed by atoms with Gasteiger partial charge in [0.2, 0.25) is 0 Å². The lowest BCUT2D eigenvalue weighted by Gasteiger charge is -2.31. The van der Waals surface area contributed by atoms with Crippen molar-refractivity contribution in [2.75, 3.05) is 6.61 Å². The minimum absolute atomic E-state index is 0.289. The topological polar surface area (TPSA) is 36.9 Å². The van der Waals surface area contributed by atoms with Crippen LogP contribution in [0.1, 0.15) is 62.5 Å². The molecule has 5 rings (SSSR count). The molecule has 0 saturated carbocycles. The smallest absolute Gasteiger partial charge is 0.146 e. The van der Waals surface area contributed by atoms with Crippen molar-refractivity contribution in [1.82, 2.24) is 0 Å². The molecule has 2 aliphatic rings. The molecule has 0 saturated heterocycles. The van der Waals surface area contributed by atoms with E-state index in [1.165, 1.54) is 0 Å². The summed E-state index contributed by atoms with van der Waals surface area (Å²) < 4.78 is 25.1. The van der Waals surface area contributed by atoms with E-state index >= 15 is 0 Å². The van der Waals surface area contributed by atoms with Gasteiger partial charge in [0.25, 0.3) is 0 Å². The van der Waals surface area contributed by atoms with Crippen molar-refractivity contribution in [1.29, 1.82) is 0 Å². The summed E-state index contributed by atoms with van der Waals surface area (Å²) in [5.41, 5.74) is 3.75. The van der Waals surface area contributed by atoms with Crippen LogP contribution in [0, 0.1) is 5.92 Å². The largest absolute Gasteiger partial charge is 0.493 e. The van der Waals surface area contributed by atoms with Crippen LogP contribution in [0.2, 0.25) is 0 Å². The van der Waals surface area contributed by atoms with Crippen molar-refractivity contribution >= 4 is 12.2 Å². The molecule has 186 valence electrons. The van der Waals surface area contributed by atoms with Gasteiger partial charge in [-0.15, -0.1) is 0 Å². The number of ether oxygens (including phenoxy) is 4. The highest BCUT2D eigenvalue weighted by Gasteiger charge is 2.28. The lowest BCUT2D eigenvalue weighted by Crippen LogP contribution is -2.27. The Kier molecular flexibility index (Phi) is 6.77. The highest BCUT2D eigenvalue weighted by atomic mass is 16.5. The zero-order valence-electron chi connectivity index (χ0n) is 21.5. The van der Waals surface area contributed by atoms with Crippen LogP contribution in [0.25, 0.3) is 12.2 Å². The summed E-state index contributed by atoms with van der Waals surface area (Å²) in [6, 6.07) is 20.3. The summed E-state index contributed by atoms with van der Waals surface area (Å²) in [5.74, 6) is 3.83. The highest BCUT2D eigenvalue weighted by molar-refractivity contribution is 5.75. The standard InChI is InChI=1S/C32H34O4/c1-22(2)17-19-33-25-12-13-26(30(20-25)34-21-23-8-6-5-7-9-23)28-14-10-24-11-15-29-27(31(24)35-28)16-18-32(3,4)36-29/h5-16,18,20,22,28H,17,19,21H2,1-4H3. The van der Waals surface area contributed by atoms with Gasteiger partial charge in [-0.05, 0) is 74.2 Å². The van der Waals surface area contributed by atoms with Gasteiger partial charge in [-0.1, -0.05) is 50.3 Å². The summed E-state index contributed by atoms with van der Waals surface area (Å²) in [6.45, 7) is 9.65. The number of hydrogen-bond donors (Lipinski definition) is 0. The van der Waals surface area contributed by atoms with Crippen LogP contribution in [-0.4, -0.2) is 12.2 Å². The molecule has 0 fully saturated rings. The summed E-state index contributed by atoms with van der Waals surface area (Å²) in [7, 11) is 0.